The standard InChI is InChI=1S/C16H33BrO/c1-3-4-5-6-7-8-9-10-11-12-13-14-16(2)15-18-17/h16H,3-15H2,1-2H3. The number of unbranched alkanes of at least 4 members (excludes halogenated alkanes) is 10. The number of rotatable bonds is 14. The summed E-state index contributed by atoms with van der Waals surface area (Å²) in [5.41, 5.74) is 0. The molecule has 18 heavy (non-hydrogen) atoms. The van der Waals surface area contributed by atoms with E-state index in [4.69, 9.17) is 3.83 Å². The Labute approximate surface area is 124 Å². The molecule has 0 aliphatic rings. The first-order valence-electron chi connectivity index (χ1n) is 8.04. The van der Waals surface area contributed by atoms with E-state index in [0.717, 1.165) is 6.61 Å². The summed E-state index contributed by atoms with van der Waals surface area (Å²) in [6.45, 7) is 5.39. The van der Waals surface area contributed by atoms with Gasteiger partial charge in [0.15, 0.2) is 0 Å². The zero-order valence-electron chi connectivity index (χ0n) is 12.6. The van der Waals surface area contributed by atoms with Crippen molar-refractivity contribution in [2.75, 3.05) is 6.61 Å². The Bertz CT molecular complexity index is 150. The molecule has 0 heterocycles. The number of hydrogen-bond acceptors (Lipinski definition) is 1. The second-order valence-electron chi connectivity index (χ2n) is 5.71. The molecule has 0 fully saturated rings. The molecule has 0 saturated carbocycles. The SMILES string of the molecule is CCCCCCCCCCCCCC(C)COBr. The lowest BCUT2D eigenvalue weighted by molar-refractivity contribution is 0.300. The van der Waals surface area contributed by atoms with Crippen LogP contribution in [0.3, 0.4) is 0 Å². The van der Waals surface area contributed by atoms with Crippen molar-refractivity contribution in [2.45, 2.75) is 90.9 Å². The maximum Gasteiger partial charge on any atom is 0.0987 e. The van der Waals surface area contributed by atoms with Crippen LogP contribution < -0.4 is 0 Å². The molecule has 0 aliphatic carbocycles. The van der Waals surface area contributed by atoms with Gasteiger partial charge >= 0.3 is 0 Å². The molecule has 0 aromatic heterocycles. The predicted octanol–water partition coefficient (Wildman–Crippen LogP) is 6.65. The van der Waals surface area contributed by atoms with Gasteiger partial charge in [0.25, 0.3) is 0 Å². The minimum Gasteiger partial charge on any atom is -0.308 e. The molecule has 0 aliphatic heterocycles. The Hall–Kier alpha value is 0.440. The lowest BCUT2D eigenvalue weighted by atomic mass is 10.0. The molecule has 0 N–H and O–H groups in total. The molecule has 1 unspecified atom stereocenters. The van der Waals surface area contributed by atoms with E-state index in [1.54, 1.807) is 0 Å². The van der Waals surface area contributed by atoms with Crippen LogP contribution in [0.15, 0.2) is 0 Å². The fourth-order valence-electron chi connectivity index (χ4n) is 2.35. The summed E-state index contributed by atoms with van der Waals surface area (Å²) >= 11 is 3.02. The van der Waals surface area contributed by atoms with Gasteiger partial charge in [0.1, 0.15) is 0 Å². The van der Waals surface area contributed by atoms with Crippen molar-refractivity contribution in [3.05, 3.63) is 0 Å². The van der Waals surface area contributed by atoms with Gasteiger partial charge in [-0.05, 0) is 12.3 Å². The van der Waals surface area contributed by atoms with Crippen molar-refractivity contribution in [1.29, 1.82) is 0 Å². The van der Waals surface area contributed by atoms with Gasteiger partial charge in [0.2, 0.25) is 0 Å². The van der Waals surface area contributed by atoms with E-state index in [-0.39, 0.29) is 0 Å². The van der Waals surface area contributed by atoms with E-state index in [9.17, 15) is 0 Å². The van der Waals surface area contributed by atoms with Crippen molar-refractivity contribution in [2.24, 2.45) is 5.92 Å². The van der Waals surface area contributed by atoms with E-state index >= 15 is 0 Å². The van der Waals surface area contributed by atoms with E-state index in [2.05, 4.69) is 30.1 Å². The van der Waals surface area contributed by atoms with Crippen molar-refractivity contribution in [1.82, 2.24) is 0 Å². The Balaban J connectivity index is 2.98. The van der Waals surface area contributed by atoms with Crippen molar-refractivity contribution < 1.29 is 3.83 Å². The molecule has 1 nitrogen and oxygen atoms in total. The molecule has 0 aromatic rings. The van der Waals surface area contributed by atoms with Gasteiger partial charge in [-0.1, -0.05) is 84.5 Å². The average Bonchev–Trinajstić information content (AvgIpc) is 2.36. The fraction of sp³-hybridized carbons (Fsp3) is 1.00. The largest absolute Gasteiger partial charge is 0.308 e. The molecule has 0 bridgehead atoms. The zero-order valence-corrected chi connectivity index (χ0v) is 14.1. The highest BCUT2D eigenvalue weighted by molar-refractivity contribution is 9.06. The molecule has 0 saturated heterocycles. The first kappa shape index (κ1) is 18.4. The summed E-state index contributed by atoms with van der Waals surface area (Å²) in [6, 6.07) is 0. The molecular weight excluding hydrogens is 288 g/mol. The van der Waals surface area contributed by atoms with Crippen LogP contribution in [0.2, 0.25) is 0 Å². The summed E-state index contributed by atoms with van der Waals surface area (Å²) in [5.74, 6) is 0.697. The van der Waals surface area contributed by atoms with Gasteiger partial charge in [0.05, 0.1) is 22.9 Å². The minimum atomic E-state index is 0.697. The van der Waals surface area contributed by atoms with Crippen LogP contribution in [0.5, 0.6) is 0 Å². The highest BCUT2D eigenvalue weighted by Crippen LogP contribution is 2.14. The maximum absolute atomic E-state index is 4.97. The number of hydrogen-bond donors (Lipinski definition) is 0. The van der Waals surface area contributed by atoms with Crippen molar-refractivity contribution in [3.8, 4) is 0 Å². The van der Waals surface area contributed by atoms with Gasteiger partial charge < -0.3 is 3.83 Å². The molecule has 1 atom stereocenters. The van der Waals surface area contributed by atoms with Crippen LogP contribution in [0.25, 0.3) is 0 Å². The Morgan fingerprint density at radius 1 is 0.778 bits per heavy atom. The third kappa shape index (κ3) is 14.5. The molecule has 110 valence electrons. The third-order valence-corrected chi connectivity index (χ3v) is 3.91. The molecular formula is C16H33BrO. The molecule has 0 rings (SSSR count). The summed E-state index contributed by atoms with van der Waals surface area (Å²) < 4.78 is 4.97. The second kappa shape index (κ2) is 15.5. The van der Waals surface area contributed by atoms with Gasteiger partial charge in [0, 0.05) is 0 Å². The average molecular weight is 321 g/mol. The molecule has 0 aromatic carbocycles. The Morgan fingerprint density at radius 2 is 1.22 bits per heavy atom. The third-order valence-electron chi connectivity index (χ3n) is 3.65. The summed E-state index contributed by atoms with van der Waals surface area (Å²) in [7, 11) is 0. The van der Waals surface area contributed by atoms with Crippen LogP contribution in [-0.4, -0.2) is 6.61 Å². The molecule has 0 radical (unpaired) electrons. The lowest BCUT2D eigenvalue weighted by Gasteiger charge is -2.08. The van der Waals surface area contributed by atoms with E-state index in [1.807, 2.05) is 0 Å². The van der Waals surface area contributed by atoms with Crippen LogP contribution >= 0.6 is 16.3 Å². The summed E-state index contributed by atoms with van der Waals surface area (Å²) in [4.78, 5) is 0. The maximum atomic E-state index is 4.97. The van der Waals surface area contributed by atoms with Gasteiger partial charge in [-0.25, -0.2) is 0 Å². The fourth-order valence-corrected chi connectivity index (χ4v) is 2.80. The van der Waals surface area contributed by atoms with Gasteiger partial charge in [-0.2, -0.15) is 0 Å². The predicted molar refractivity (Wildman–Crippen MR) is 85.1 cm³/mol. The molecule has 0 amide bonds. The summed E-state index contributed by atoms with van der Waals surface area (Å²) in [5, 5.41) is 0. The van der Waals surface area contributed by atoms with Crippen molar-refractivity contribution >= 4 is 16.3 Å². The van der Waals surface area contributed by atoms with Crippen LogP contribution in [-0.2, 0) is 3.83 Å². The molecule has 0 spiro atoms. The van der Waals surface area contributed by atoms with E-state index < -0.39 is 0 Å². The van der Waals surface area contributed by atoms with Crippen molar-refractivity contribution in [3.63, 3.8) is 0 Å². The first-order chi connectivity index (χ1) is 8.81. The highest BCUT2D eigenvalue weighted by Gasteiger charge is 2.01. The quantitative estimate of drug-likeness (QED) is 0.325. The monoisotopic (exact) mass is 320 g/mol. The first-order valence-corrected chi connectivity index (χ1v) is 8.69. The van der Waals surface area contributed by atoms with Crippen LogP contribution in [0.1, 0.15) is 90.9 Å². The highest BCUT2D eigenvalue weighted by atomic mass is 79.9. The topological polar surface area (TPSA) is 9.23 Å². The second-order valence-corrected chi connectivity index (χ2v) is 6.16. The van der Waals surface area contributed by atoms with E-state index in [1.165, 1.54) is 77.0 Å². The Kier molecular flexibility index (Phi) is 15.9. The number of halogens is 1. The normalized spacial score (nSPS) is 12.8. The minimum absolute atomic E-state index is 0.697. The smallest absolute Gasteiger partial charge is 0.0987 e. The zero-order chi connectivity index (χ0) is 13.5. The Morgan fingerprint density at radius 3 is 1.67 bits per heavy atom. The van der Waals surface area contributed by atoms with Crippen LogP contribution in [0, 0.1) is 5.92 Å². The van der Waals surface area contributed by atoms with Gasteiger partial charge in [-0.3, -0.25) is 0 Å². The van der Waals surface area contributed by atoms with Crippen LogP contribution in [0.4, 0.5) is 0 Å². The molecule has 2 heteroatoms. The van der Waals surface area contributed by atoms with Gasteiger partial charge in [-0.15, -0.1) is 0 Å². The summed E-state index contributed by atoms with van der Waals surface area (Å²) in [6.07, 6.45) is 17.0. The van der Waals surface area contributed by atoms with E-state index in [0.29, 0.717) is 5.92 Å². The lowest BCUT2D eigenvalue weighted by Crippen LogP contribution is -2.00.